The quantitative estimate of drug-likeness (QED) is 0.747. The van der Waals surface area contributed by atoms with Crippen LogP contribution < -0.4 is 5.32 Å². The standard InChI is InChI=1S/C21H35N3O3/c1-4-5-6-16-7-9-17(10-8-16)18(25)23-13-11-21(12-14-23)19(26)24(15(2)3)20(27)22-21/h15-17H,4-14H2,1-3H3,(H,22,27). The molecular weight excluding hydrogens is 342 g/mol. The molecule has 3 aliphatic rings. The monoisotopic (exact) mass is 377 g/mol. The molecule has 0 bridgehead atoms. The van der Waals surface area contributed by atoms with E-state index in [2.05, 4.69) is 12.2 Å². The molecule has 2 saturated heterocycles. The Hall–Kier alpha value is -1.59. The lowest BCUT2D eigenvalue weighted by Crippen LogP contribution is -2.56. The van der Waals surface area contributed by atoms with Crippen molar-refractivity contribution < 1.29 is 14.4 Å². The van der Waals surface area contributed by atoms with Crippen LogP contribution in [-0.4, -0.2) is 52.3 Å². The predicted molar refractivity (Wildman–Crippen MR) is 104 cm³/mol. The summed E-state index contributed by atoms with van der Waals surface area (Å²) in [7, 11) is 0. The molecule has 1 N–H and O–H groups in total. The molecule has 4 amide bonds. The highest BCUT2D eigenvalue weighted by Gasteiger charge is 2.53. The molecule has 0 aromatic heterocycles. The number of unbranched alkanes of at least 4 members (excludes halogenated alkanes) is 1. The first kappa shape index (κ1) is 20.2. The third kappa shape index (κ3) is 3.99. The van der Waals surface area contributed by atoms with Crippen molar-refractivity contribution >= 4 is 17.8 Å². The van der Waals surface area contributed by atoms with Crippen molar-refractivity contribution in [1.29, 1.82) is 0 Å². The average molecular weight is 378 g/mol. The summed E-state index contributed by atoms with van der Waals surface area (Å²) >= 11 is 0. The van der Waals surface area contributed by atoms with E-state index in [-0.39, 0.29) is 29.8 Å². The van der Waals surface area contributed by atoms with E-state index in [1.807, 2.05) is 18.7 Å². The number of carbonyl (C=O) groups excluding carboxylic acids is 3. The Balaban J connectivity index is 1.52. The highest BCUT2D eigenvalue weighted by atomic mass is 16.2. The maximum absolute atomic E-state index is 12.9. The molecule has 0 atom stereocenters. The number of piperidine rings is 1. The van der Waals surface area contributed by atoms with Crippen molar-refractivity contribution in [2.24, 2.45) is 11.8 Å². The van der Waals surface area contributed by atoms with Crippen LogP contribution in [0.3, 0.4) is 0 Å². The van der Waals surface area contributed by atoms with Crippen LogP contribution in [0.25, 0.3) is 0 Å². The van der Waals surface area contributed by atoms with Crippen LogP contribution in [0, 0.1) is 11.8 Å². The third-order valence-electron chi connectivity index (χ3n) is 6.80. The minimum atomic E-state index is -0.796. The van der Waals surface area contributed by atoms with Gasteiger partial charge in [0, 0.05) is 25.0 Å². The SMILES string of the molecule is CCCCC1CCC(C(=O)N2CCC3(CC2)NC(=O)N(C(C)C)C3=O)CC1. The summed E-state index contributed by atoms with van der Waals surface area (Å²) in [6.45, 7) is 7.06. The lowest BCUT2D eigenvalue weighted by atomic mass is 9.78. The van der Waals surface area contributed by atoms with Gasteiger partial charge in [0.15, 0.2) is 0 Å². The van der Waals surface area contributed by atoms with Gasteiger partial charge < -0.3 is 10.2 Å². The second-order valence-corrected chi connectivity index (χ2v) is 8.97. The summed E-state index contributed by atoms with van der Waals surface area (Å²) in [6, 6.07) is -0.431. The Kier molecular flexibility index (Phi) is 6.11. The van der Waals surface area contributed by atoms with Crippen LogP contribution >= 0.6 is 0 Å². The zero-order valence-electron chi connectivity index (χ0n) is 17.1. The first-order valence-electron chi connectivity index (χ1n) is 10.8. The van der Waals surface area contributed by atoms with Gasteiger partial charge in [0.2, 0.25) is 5.91 Å². The fourth-order valence-electron chi connectivity index (χ4n) is 5.01. The fraction of sp³-hybridized carbons (Fsp3) is 0.857. The molecule has 0 radical (unpaired) electrons. The summed E-state index contributed by atoms with van der Waals surface area (Å²) in [5, 5.41) is 2.91. The molecule has 0 aromatic rings. The maximum Gasteiger partial charge on any atom is 0.325 e. The van der Waals surface area contributed by atoms with Crippen LogP contribution in [-0.2, 0) is 9.59 Å². The highest BCUT2D eigenvalue weighted by molar-refractivity contribution is 6.07. The number of imide groups is 1. The van der Waals surface area contributed by atoms with E-state index < -0.39 is 5.54 Å². The predicted octanol–water partition coefficient (Wildman–Crippen LogP) is 3.30. The smallest absolute Gasteiger partial charge is 0.325 e. The summed E-state index contributed by atoms with van der Waals surface area (Å²) in [5.74, 6) is 1.09. The molecule has 0 aromatic carbocycles. The van der Waals surface area contributed by atoms with E-state index in [0.717, 1.165) is 18.8 Å². The lowest BCUT2D eigenvalue weighted by Gasteiger charge is -2.39. The molecule has 6 heteroatoms. The number of carbonyl (C=O) groups is 3. The van der Waals surface area contributed by atoms with Gasteiger partial charge in [-0.1, -0.05) is 26.2 Å². The summed E-state index contributed by atoms with van der Waals surface area (Å²) in [4.78, 5) is 41.2. The molecular formula is C21H35N3O3. The van der Waals surface area contributed by atoms with Crippen LogP contribution in [0.15, 0.2) is 0 Å². The Morgan fingerprint density at radius 3 is 2.30 bits per heavy atom. The zero-order valence-corrected chi connectivity index (χ0v) is 17.1. The molecule has 1 saturated carbocycles. The van der Waals surface area contributed by atoms with E-state index in [0.29, 0.717) is 25.9 Å². The van der Waals surface area contributed by atoms with Crippen LogP contribution in [0.2, 0.25) is 0 Å². The molecule has 3 fully saturated rings. The second-order valence-electron chi connectivity index (χ2n) is 8.97. The zero-order chi connectivity index (χ0) is 19.6. The minimum Gasteiger partial charge on any atom is -0.342 e. The number of hydrogen-bond acceptors (Lipinski definition) is 3. The molecule has 2 aliphatic heterocycles. The van der Waals surface area contributed by atoms with Gasteiger partial charge in [0.25, 0.3) is 5.91 Å². The van der Waals surface area contributed by atoms with Gasteiger partial charge in [-0.25, -0.2) is 4.79 Å². The lowest BCUT2D eigenvalue weighted by molar-refractivity contribution is -0.142. The van der Waals surface area contributed by atoms with Gasteiger partial charge in [-0.2, -0.15) is 0 Å². The third-order valence-corrected chi connectivity index (χ3v) is 6.80. The summed E-state index contributed by atoms with van der Waals surface area (Å²) in [6.07, 6.45) is 9.26. The van der Waals surface area contributed by atoms with E-state index in [9.17, 15) is 14.4 Å². The Morgan fingerprint density at radius 1 is 1.15 bits per heavy atom. The van der Waals surface area contributed by atoms with Gasteiger partial charge in [0.1, 0.15) is 5.54 Å². The van der Waals surface area contributed by atoms with Crippen molar-refractivity contribution in [3.63, 3.8) is 0 Å². The molecule has 1 aliphatic carbocycles. The maximum atomic E-state index is 12.9. The molecule has 3 rings (SSSR count). The largest absolute Gasteiger partial charge is 0.342 e. The van der Waals surface area contributed by atoms with Gasteiger partial charge in [-0.05, 0) is 58.3 Å². The average Bonchev–Trinajstić information content (AvgIpc) is 2.90. The van der Waals surface area contributed by atoms with E-state index in [1.165, 1.54) is 37.0 Å². The second kappa shape index (κ2) is 8.19. The van der Waals surface area contributed by atoms with Crippen molar-refractivity contribution in [2.45, 2.75) is 90.1 Å². The topological polar surface area (TPSA) is 69.7 Å². The molecule has 6 nitrogen and oxygen atoms in total. The van der Waals surface area contributed by atoms with Crippen LogP contribution in [0.4, 0.5) is 4.79 Å². The number of rotatable bonds is 5. The van der Waals surface area contributed by atoms with Crippen molar-refractivity contribution in [2.75, 3.05) is 13.1 Å². The van der Waals surface area contributed by atoms with E-state index in [1.54, 1.807) is 0 Å². The fourth-order valence-corrected chi connectivity index (χ4v) is 5.01. The van der Waals surface area contributed by atoms with Gasteiger partial charge >= 0.3 is 6.03 Å². The van der Waals surface area contributed by atoms with Gasteiger partial charge in [-0.3, -0.25) is 14.5 Å². The number of hydrogen-bond donors (Lipinski definition) is 1. The minimum absolute atomic E-state index is 0.119. The van der Waals surface area contributed by atoms with Crippen molar-refractivity contribution in [3.8, 4) is 0 Å². The number of likely N-dealkylation sites (tertiary alicyclic amines) is 1. The molecule has 27 heavy (non-hydrogen) atoms. The van der Waals surface area contributed by atoms with Gasteiger partial charge in [-0.15, -0.1) is 0 Å². The van der Waals surface area contributed by atoms with Crippen LogP contribution in [0.1, 0.15) is 78.6 Å². The first-order valence-corrected chi connectivity index (χ1v) is 10.8. The highest BCUT2D eigenvalue weighted by Crippen LogP contribution is 2.35. The Bertz CT molecular complexity index is 573. The normalized spacial score (nSPS) is 28.1. The van der Waals surface area contributed by atoms with Crippen molar-refractivity contribution in [1.82, 2.24) is 15.1 Å². The summed E-state index contributed by atoms with van der Waals surface area (Å²) in [5.41, 5.74) is -0.796. The van der Waals surface area contributed by atoms with Crippen molar-refractivity contribution in [3.05, 3.63) is 0 Å². The Morgan fingerprint density at radius 2 is 1.78 bits per heavy atom. The molecule has 1 spiro atoms. The molecule has 2 heterocycles. The number of nitrogens with one attached hydrogen (secondary N) is 1. The Labute approximate surface area is 163 Å². The van der Waals surface area contributed by atoms with Gasteiger partial charge in [0.05, 0.1) is 0 Å². The first-order chi connectivity index (χ1) is 12.9. The molecule has 152 valence electrons. The number of amides is 4. The summed E-state index contributed by atoms with van der Waals surface area (Å²) < 4.78 is 0. The van der Waals surface area contributed by atoms with E-state index >= 15 is 0 Å². The molecule has 0 unspecified atom stereocenters. The van der Waals surface area contributed by atoms with Crippen LogP contribution in [0.5, 0.6) is 0 Å². The number of urea groups is 1. The van der Waals surface area contributed by atoms with E-state index in [4.69, 9.17) is 0 Å². The number of nitrogens with zero attached hydrogens (tertiary/aromatic N) is 2.